The van der Waals surface area contributed by atoms with E-state index < -0.39 is 0 Å². The molecule has 0 saturated heterocycles. The lowest BCUT2D eigenvalue weighted by atomic mass is 9.96. The van der Waals surface area contributed by atoms with Gasteiger partial charge in [-0.25, -0.2) is 0 Å². The van der Waals surface area contributed by atoms with Gasteiger partial charge in [-0.05, 0) is 43.9 Å². The van der Waals surface area contributed by atoms with Crippen LogP contribution in [0.2, 0.25) is 0 Å². The highest BCUT2D eigenvalue weighted by atomic mass is 14.9. The van der Waals surface area contributed by atoms with Gasteiger partial charge in [0.1, 0.15) is 0 Å². The van der Waals surface area contributed by atoms with Crippen molar-refractivity contribution >= 4 is 18.2 Å². The van der Waals surface area contributed by atoms with Crippen LogP contribution in [0.25, 0.3) is 18.2 Å². The van der Waals surface area contributed by atoms with Gasteiger partial charge in [0, 0.05) is 22.3 Å². The second-order valence-electron chi connectivity index (χ2n) is 4.95. The van der Waals surface area contributed by atoms with Gasteiger partial charge in [-0.3, -0.25) is 0 Å². The standard InChI is InChI=1S/C15H20N2/c1-2-9-16-11-7-8-13-12-5-3-4-6-14(12)17-15(13)10-11/h3,5-6,10-11,16-17H,2,4,7-9H2,1H3. The van der Waals surface area contributed by atoms with Crippen LogP contribution in [0, 0.1) is 0 Å². The van der Waals surface area contributed by atoms with Crippen LogP contribution in [0.3, 0.4) is 0 Å². The highest BCUT2D eigenvalue weighted by molar-refractivity contribution is 5.61. The molecule has 0 radical (unpaired) electrons. The van der Waals surface area contributed by atoms with Crippen molar-refractivity contribution in [1.82, 2.24) is 10.3 Å². The second-order valence-corrected chi connectivity index (χ2v) is 4.95. The molecular formula is C15H20N2. The molecule has 0 aliphatic heterocycles. The van der Waals surface area contributed by atoms with Crippen molar-refractivity contribution in [3.8, 4) is 0 Å². The first-order valence-electron chi connectivity index (χ1n) is 6.71. The van der Waals surface area contributed by atoms with Crippen LogP contribution >= 0.6 is 0 Å². The van der Waals surface area contributed by atoms with E-state index in [1.807, 2.05) is 0 Å². The highest BCUT2D eigenvalue weighted by Crippen LogP contribution is 2.14. The van der Waals surface area contributed by atoms with Crippen molar-refractivity contribution in [2.75, 3.05) is 6.54 Å². The summed E-state index contributed by atoms with van der Waals surface area (Å²) < 4.78 is 0. The minimum absolute atomic E-state index is 0.548. The van der Waals surface area contributed by atoms with Crippen LogP contribution in [0.15, 0.2) is 6.08 Å². The van der Waals surface area contributed by atoms with Gasteiger partial charge in [-0.15, -0.1) is 0 Å². The highest BCUT2D eigenvalue weighted by Gasteiger charge is 2.16. The predicted octanol–water partition coefficient (Wildman–Crippen LogP) is 1.31. The lowest BCUT2D eigenvalue weighted by Crippen LogP contribution is -2.34. The maximum Gasteiger partial charge on any atom is 0.0423 e. The molecule has 1 aromatic heterocycles. The maximum atomic E-state index is 3.59. The Balaban J connectivity index is 1.97. The van der Waals surface area contributed by atoms with Crippen molar-refractivity contribution in [1.29, 1.82) is 0 Å². The lowest BCUT2D eigenvalue weighted by molar-refractivity contribution is 0.563. The summed E-state index contributed by atoms with van der Waals surface area (Å²) in [5.41, 5.74) is 2.94. The molecule has 0 amide bonds. The topological polar surface area (TPSA) is 27.8 Å². The number of fused-ring (bicyclic) bond motifs is 3. The van der Waals surface area contributed by atoms with Gasteiger partial charge in [-0.1, -0.05) is 25.2 Å². The molecule has 1 atom stereocenters. The van der Waals surface area contributed by atoms with E-state index in [2.05, 4.69) is 41.5 Å². The quantitative estimate of drug-likeness (QED) is 0.802. The van der Waals surface area contributed by atoms with Gasteiger partial charge >= 0.3 is 0 Å². The zero-order valence-electron chi connectivity index (χ0n) is 10.4. The van der Waals surface area contributed by atoms with E-state index in [0.717, 1.165) is 13.0 Å². The number of H-pyrrole nitrogens is 1. The Kier molecular flexibility index (Phi) is 2.89. The number of hydrogen-bond donors (Lipinski definition) is 2. The molecule has 0 bridgehead atoms. The Morgan fingerprint density at radius 3 is 3.24 bits per heavy atom. The van der Waals surface area contributed by atoms with Crippen molar-refractivity contribution in [3.63, 3.8) is 0 Å². The number of allylic oxidation sites excluding steroid dienone is 1. The SMILES string of the molecule is CCCNC1C=c2[nH]c3c(c2CC1)C=CCC=3. The summed E-state index contributed by atoms with van der Waals surface area (Å²) >= 11 is 0. The second kappa shape index (κ2) is 4.53. The first-order chi connectivity index (χ1) is 8.38. The summed E-state index contributed by atoms with van der Waals surface area (Å²) in [4.78, 5) is 3.56. The van der Waals surface area contributed by atoms with Crippen LogP contribution in [0.4, 0.5) is 0 Å². The third kappa shape index (κ3) is 1.98. The van der Waals surface area contributed by atoms with Crippen LogP contribution < -0.4 is 16.0 Å². The number of aromatic nitrogens is 1. The van der Waals surface area contributed by atoms with Gasteiger partial charge < -0.3 is 10.3 Å². The van der Waals surface area contributed by atoms with E-state index in [-0.39, 0.29) is 0 Å². The molecule has 3 rings (SSSR count). The lowest BCUT2D eigenvalue weighted by Gasteiger charge is -2.18. The molecule has 1 heterocycles. The fourth-order valence-corrected chi connectivity index (χ4v) is 2.81. The third-order valence-electron chi connectivity index (χ3n) is 3.68. The summed E-state index contributed by atoms with van der Waals surface area (Å²) in [7, 11) is 0. The molecule has 0 spiro atoms. The zero-order chi connectivity index (χ0) is 11.7. The molecule has 1 aromatic rings. The summed E-state index contributed by atoms with van der Waals surface area (Å²) in [6.45, 7) is 3.33. The average molecular weight is 228 g/mol. The third-order valence-corrected chi connectivity index (χ3v) is 3.68. The molecule has 0 fully saturated rings. The van der Waals surface area contributed by atoms with Crippen LogP contribution in [-0.2, 0) is 6.42 Å². The van der Waals surface area contributed by atoms with Gasteiger partial charge in [0.25, 0.3) is 0 Å². The van der Waals surface area contributed by atoms with E-state index >= 15 is 0 Å². The molecule has 2 aliphatic carbocycles. The smallest absolute Gasteiger partial charge is 0.0423 e. The molecule has 2 aliphatic rings. The van der Waals surface area contributed by atoms with Gasteiger partial charge in [0.05, 0.1) is 0 Å². The molecule has 90 valence electrons. The monoisotopic (exact) mass is 228 g/mol. The van der Waals surface area contributed by atoms with Crippen molar-refractivity contribution in [3.05, 3.63) is 27.9 Å². The van der Waals surface area contributed by atoms with E-state index in [1.54, 1.807) is 0 Å². The number of nitrogens with one attached hydrogen (secondary N) is 2. The number of rotatable bonds is 3. The number of hydrogen-bond acceptors (Lipinski definition) is 1. The first-order valence-corrected chi connectivity index (χ1v) is 6.71. The largest absolute Gasteiger partial charge is 0.355 e. The van der Waals surface area contributed by atoms with Crippen molar-refractivity contribution in [2.24, 2.45) is 0 Å². The Bertz CT molecular complexity index is 548. The van der Waals surface area contributed by atoms with Gasteiger partial charge in [-0.2, -0.15) is 0 Å². The molecule has 2 nitrogen and oxygen atoms in total. The molecule has 1 unspecified atom stereocenters. The molecule has 17 heavy (non-hydrogen) atoms. The predicted molar refractivity (Wildman–Crippen MR) is 73.0 cm³/mol. The summed E-state index contributed by atoms with van der Waals surface area (Å²) in [5.74, 6) is 0. The summed E-state index contributed by atoms with van der Waals surface area (Å²) in [6.07, 6.45) is 13.9. The van der Waals surface area contributed by atoms with E-state index in [1.165, 1.54) is 41.1 Å². The maximum absolute atomic E-state index is 3.59. The van der Waals surface area contributed by atoms with Gasteiger partial charge in [0.2, 0.25) is 0 Å². The molecule has 0 aromatic carbocycles. The van der Waals surface area contributed by atoms with Crippen LogP contribution in [0.5, 0.6) is 0 Å². The summed E-state index contributed by atoms with van der Waals surface area (Å²) in [5, 5.41) is 6.26. The zero-order valence-corrected chi connectivity index (χ0v) is 10.4. The molecule has 2 heteroatoms. The summed E-state index contributed by atoms with van der Waals surface area (Å²) in [6, 6.07) is 0.548. The van der Waals surface area contributed by atoms with Gasteiger partial charge in [0.15, 0.2) is 0 Å². The Morgan fingerprint density at radius 2 is 2.35 bits per heavy atom. The van der Waals surface area contributed by atoms with E-state index in [4.69, 9.17) is 0 Å². The normalized spacial score (nSPS) is 21.4. The average Bonchev–Trinajstić information content (AvgIpc) is 2.74. The van der Waals surface area contributed by atoms with E-state index in [0.29, 0.717) is 6.04 Å². The number of aromatic amines is 1. The minimum atomic E-state index is 0.548. The molecule has 2 N–H and O–H groups in total. The van der Waals surface area contributed by atoms with E-state index in [9.17, 15) is 0 Å². The van der Waals surface area contributed by atoms with Crippen molar-refractivity contribution in [2.45, 2.75) is 38.6 Å². The Morgan fingerprint density at radius 1 is 1.41 bits per heavy atom. The first kappa shape index (κ1) is 10.8. The molecule has 0 saturated carbocycles. The Labute approximate surface area is 102 Å². The minimum Gasteiger partial charge on any atom is -0.355 e. The fraction of sp³-hybridized carbons (Fsp3) is 0.467. The van der Waals surface area contributed by atoms with Crippen LogP contribution in [0.1, 0.15) is 37.3 Å². The molecular weight excluding hydrogens is 208 g/mol. The van der Waals surface area contributed by atoms with Crippen LogP contribution in [-0.4, -0.2) is 17.6 Å². The van der Waals surface area contributed by atoms with Crippen molar-refractivity contribution < 1.29 is 0 Å². The Hall–Kier alpha value is -1.28. The fourth-order valence-electron chi connectivity index (χ4n) is 2.81.